The van der Waals surface area contributed by atoms with Gasteiger partial charge in [0.25, 0.3) is 0 Å². The molecule has 0 aliphatic rings. The molecule has 0 unspecified atom stereocenters. The zero-order chi connectivity index (χ0) is 10.8. The molecule has 14 heavy (non-hydrogen) atoms. The van der Waals surface area contributed by atoms with Crippen LogP contribution in [-0.4, -0.2) is 24.0 Å². The molecule has 0 heterocycles. The molecule has 0 aromatic rings. The number of nitrogens with zero attached hydrogens (tertiary/aromatic N) is 1. The highest BCUT2D eigenvalue weighted by Gasteiger charge is 1.96. The summed E-state index contributed by atoms with van der Waals surface area (Å²) < 4.78 is 0. The molecule has 0 radical (unpaired) electrons. The summed E-state index contributed by atoms with van der Waals surface area (Å²) in [5.74, 6) is 0.716. The van der Waals surface area contributed by atoms with Gasteiger partial charge >= 0.3 is 0 Å². The van der Waals surface area contributed by atoms with Gasteiger partial charge in [0.05, 0.1) is 0 Å². The van der Waals surface area contributed by atoms with Crippen molar-refractivity contribution in [2.24, 2.45) is 10.9 Å². The van der Waals surface area contributed by atoms with Gasteiger partial charge in [-0.3, -0.25) is 4.99 Å². The van der Waals surface area contributed by atoms with E-state index in [1.54, 1.807) is 0 Å². The summed E-state index contributed by atoms with van der Waals surface area (Å²) in [6.07, 6.45) is 5.55. The van der Waals surface area contributed by atoms with Crippen LogP contribution in [0.3, 0.4) is 0 Å². The quantitative estimate of drug-likeness (QED) is 0.473. The molecule has 2 heteroatoms. The van der Waals surface area contributed by atoms with E-state index in [2.05, 4.69) is 25.8 Å². The van der Waals surface area contributed by atoms with Gasteiger partial charge in [-0.05, 0) is 32.1 Å². The average Bonchev–Trinajstić information content (AvgIpc) is 2.10. The molecule has 0 saturated heterocycles. The topological polar surface area (TPSA) is 32.6 Å². The van der Waals surface area contributed by atoms with Crippen molar-refractivity contribution in [1.29, 1.82) is 0 Å². The molecule has 0 aliphatic carbocycles. The van der Waals surface area contributed by atoms with Crippen LogP contribution < -0.4 is 0 Å². The summed E-state index contributed by atoms with van der Waals surface area (Å²) in [6, 6.07) is 0. The molecule has 0 bridgehead atoms. The number of unbranched alkanes of at least 4 members (excludes halogenated alkanes) is 3. The maximum atomic E-state index is 8.58. The van der Waals surface area contributed by atoms with E-state index in [0.29, 0.717) is 12.5 Å². The normalized spacial score (nSPS) is 12.5. The third kappa shape index (κ3) is 9.72. The Morgan fingerprint density at radius 3 is 2.36 bits per heavy atom. The first-order valence-corrected chi connectivity index (χ1v) is 5.77. The monoisotopic (exact) mass is 199 g/mol. The molecule has 0 aliphatic heterocycles. The summed E-state index contributed by atoms with van der Waals surface area (Å²) >= 11 is 0. The first-order valence-electron chi connectivity index (χ1n) is 5.77. The maximum absolute atomic E-state index is 8.58. The molecular weight excluding hydrogens is 174 g/mol. The van der Waals surface area contributed by atoms with Crippen LogP contribution in [0.4, 0.5) is 0 Å². The smallest absolute Gasteiger partial charge is 0.0431 e. The Morgan fingerprint density at radius 2 is 1.79 bits per heavy atom. The minimum Gasteiger partial charge on any atom is -0.396 e. The van der Waals surface area contributed by atoms with Crippen molar-refractivity contribution in [2.45, 2.75) is 52.9 Å². The van der Waals surface area contributed by atoms with E-state index in [1.165, 1.54) is 12.1 Å². The van der Waals surface area contributed by atoms with Crippen LogP contribution in [0, 0.1) is 5.92 Å². The van der Waals surface area contributed by atoms with Gasteiger partial charge in [-0.2, -0.15) is 0 Å². The fourth-order valence-electron chi connectivity index (χ4n) is 1.50. The Hall–Kier alpha value is -0.370. The molecule has 0 aromatic carbocycles. The number of aliphatic imine (C=N–C) groups is 1. The SMILES string of the molecule is CC(CC(C)C)=NCCCCCCO. The van der Waals surface area contributed by atoms with Crippen LogP contribution in [0.1, 0.15) is 52.9 Å². The highest BCUT2D eigenvalue weighted by molar-refractivity contribution is 5.81. The van der Waals surface area contributed by atoms with Crippen molar-refractivity contribution >= 4 is 5.71 Å². The van der Waals surface area contributed by atoms with E-state index < -0.39 is 0 Å². The van der Waals surface area contributed by atoms with Gasteiger partial charge < -0.3 is 5.11 Å². The van der Waals surface area contributed by atoms with E-state index in [4.69, 9.17) is 5.11 Å². The summed E-state index contributed by atoms with van der Waals surface area (Å²) in [7, 11) is 0. The zero-order valence-corrected chi connectivity index (χ0v) is 9.92. The summed E-state index contributed by atoms with van der Waals surface area (Å²) in [5, 5.41) is 8.58. The lowest BCUT2D eigenvalue weighted by atomic mass is 10.1. The zero-order valence-electron chi connectivity index (χ0n) is 9.92. The fraction of sp³-hybridized carbons (Fsp3) is 0.917. The highest BCUT2D eigenvalue weighted by Crippen LogP contribution is 2.03. The van der Waals surface area contributed by atoms with Gasteiger partial charge in [-0.25, -0.2) is 0 Å². The van der Waals surface area contributed by atoms with E-state index in [1.807, 2.05) is 0 Å². The van der Waals surface area contributed by atoms with Gasteiger partial charge in [0.2, 0.25) is 0 Å². The van der Waals surface area contributed by atoms with Crippen LogP contribution in [0.25, 0.3) is 0 Å². The predicted octanol–water partition coefficient (Wildman–Crippen LogP) is 3.05. The minimum absolute atomic E-state index is 0.329. The Balaban J connectivity index is 3.32. The van der Waals surface area contributed by atoms with Crippen molar-refractivity contribution in [2.75, 3.05) is 13.2 Å². The second-order valence-corrected chi connectivity index (χ2v) is 4.35. The third-order valence-electron chi connectivity index (χ3n) is 2.15. The molecule has 0 aromatic heterocycles. The first-order chi connectivity index (χ1) is 6.66. The molecule has 0 saturated carbocycles. The Labute approximate surface area is 88.4 Å². The van der Waals surface area contributed by atoms with Gasteiger partial charge in [-0.1, -0.05) is 26.7 Å². The maximum Gasteiger partial charge on any atom is 0.0431 e. The molecule has 0 fully saturated rings. The minimum atomic E-state index is 0.329. The standard InChI is InChI=1S/C12H25NO/c1-11(2)10-12(3)13-8-6-4-5-7-9-14/h11,14H,4-10H2,1-3H3. The number of hydrogen-bond donors (Lipinski definition) is 1. The van der Waals surface area contributed by atoms with E-state index in [9.17, 15) is 0 Å². The molecule has 0 spiro atoms. The largest absolute Gasteiger partial charge is 0.396 e. The van der Waals surface area contributed by atoms with Gasteiger partial charge in [0.1, 0.15) is 0 Å². The van der Waals surface area contributed by atoms with Crippen LogP contribution in [0.15, 0.2) is 4.99 Å². The van der Waals surface area contributed by atoms with E-state index in [0.717, 1.165) is 32.2 Å². The Morgan fingerprint density at radius 1 is 1.14 bits per heavy atom. The van der Waals surface area contributed by atoms with Crippen molar-refractivity contribution in [1.82, 2.24) is 0 Å². The van der Waals surface area contributed by atoms with E-state index in [-0.39, 0.29) is 0 Å². The van der Waals surface area contributed by atoms with Crippen molar-refractivity contribution in [3.63, 3.8) is 0 Å². The number of hydrogen-bond acceptors (Lipinski definition) is 2. The lowest BCUT2D eigenvalue weighted by Crippen LogP contribution is -1.99. The number of aliphatic hydroxyl groups is 1. The van der Waals surface area contributed by atoms with Gasteiger partial charge in [0, 0.05) is 18.9 Å². The molecule has 0 atom stereocenters. The van der Waals surface area contributed by atoms with Crippen molar-refractivity contribution in [3.05, 3.63) is 0 Å². The molecule has 0 amide bonds. The highest BCUT2D eigenvalue weighted by atomic mass is 16.2. The average molecular weight is 199 g/mol. The summed E-state index contributed by atoms with van der Waals surface area (Å²) in [4.78, 5) is 4.52. The second-order valence-electron chi connectivity index (χ2n) is 4.35. The Kier molecular flexibility index (Phi) is 8.95. The molecular formula is C12H25NO. The van der Waals surface area contributed by atoms with Gasteiger partial charge in [-0.15, -0.1) is 0 Å². The van der Waals surface area contributed by atoms with Crippen LogP contribution in [-0.2, 0) is 0 Å². The van der Waals surface area contributed by atoms with Gasteiger partial charge in [0.15, 0.2) is 0 Å². The molecule has 2 nitrogen and oxygen atoms in total. The lowest BCUT2D eigenvalue weighted by Gasteiger charge is -2.03. The van der Waals surface area contributed by atoms with Crippen molar-refractivity contribution < 1.29 is 5.11 Å². The number of rotatable bonds is 8. The van der Waals surface area contributed by atoms with Crippen LogP contribution >= 0.6 is 0 Å². The molecule has 1 N–H and O–H groups in total. The summed E-state index contributed by atoms with van der Waals surface area (Å²) in [5.41, 5.74) is 1.28. The summed E-state index contributed by atoms with van der Waals surface area (Å²) in [6.45, 7) is 7.86. The molecule has 0 rings (SSSR count). The molecule has 84 valence electrons. The fourth-order valence-corrected chi connectivity index (χ4v) is 1.50. The Bertz CT molecular complexity index is 152. The third-order valence-corrected chi connectivity index (χ3v) is 2.15. The first kappa shape index (κ1) is 13.6. The van der Waals surface area contributed by atoms with E-state index >= 15 is 0 Å². The van der Waals surface area contributed by atoms with Crippen molar-refractivity contribution in [3.8, 4) is 0 Å². The van der Waals surface area contributed by atoms with Crippen LogP contribution in [0.2, 0.25) is 0 Å². The predicted molar refractivity (Wildman–Crippen MR) is 63.0 cm³/mol. The second kappa shape index (κ2) is 9.20. The van der Waals surface area contributed by atoms with Crippen LogP contribution in [0.5, 0.6) is 0 Å². The number of aliphatic hydroxyl groups excluding tert-OH is 1. The lowest BCUT2D eigenvalue weighted by molar-refractivity contribution is 0.282.